The number of aryl methyl sites for hydroxylation is 1. The summed E-state index contributed by atoms with van der Waals surface area (Å²) in [7, 11) is 0. The minimum atomic E-state index is 0.243. The first-order chi connectivity index (χ1) is 14.6. The summed E-state index contributed by atoms with van der Waals surface area (Å²) in [5.41, 5.74) is 1.63. The second-order valence-corrected chi connectivity index (χ2v) is 8.81. The van der Waals surface area contributed by atoms with E-state index in [9.17, 15) is 4.79 Å². The number of hydrogen-bond acceptors (Lipinski definition) is 5. The van der Waals surface area contributed by atoms with Crippen molar-refractivity contribution in [1.29, 1.82) is 0 Å². The number of halogens is 1. The van der Waals surface area contributed by atoms with Gasteiger partial charge in [-0.1, -0.05) is 17.7 Å². The smallest absolute Gasteiger partial charge is 0.223 e. The van der Waals surface area contributed by atoms with Gasteiger partial charge < -0.3 is 10.6 Å². The van der Waals surface area contributed by atoms with Crippen molar-refractivity contribution in [2.75, 3.05) is 5.32 Å². The molecule has 0 spiro atoms. The van der Waals surface area contributed by atoms with Crippen LogP contribution in [0.5, 0.6) is 0 Å². The normalized spacial score (nSPS) is 21.5. The molecule has 8 heteroatoms. The number of carbonyl (C=O) groups is 1. The maximum Gasteiger partial charge on any atom is 0.223 e. The molecule has 0 radical (unpaired) electrons. The molecule has 1 aromatic carbocycles. The summed E-state index contributed by atoms with van der Waals surface area (Å²) in [5.74, 6) is 2.03. The standard InChI is InChI=1S/C22H25ClN6O/c1-13-25-20(27-16-7-9-17(10-8-16)28-22(30)14-5-6-14)19-12-24-29(21(19)26-13)18-4-2-3-15(23)11-18/h2-4,11-12,14,16-17H,5-10H2,1H3,(H,28,30)(H,25,26,27). The second-order valence-electron chi connectivity index (χ2n) is 8.37. The highest BCUT2D eigenvalue weighted by atomic mass is 35.5. The molecule has 0 unspecified atom stereocenters. The summed E-state index contributed by atoms with van der Waals surface area (Å²) in [6.45, 7) is 1.89. The van der Waals surface area contributed by atoms with E-state index in [0.717, 1.165) is 61.1 Å². The van der Waals surface area contributed by atoms with E-state index in [1.54, 1.807) is 10.9 Å². The molecule has 5 rings (SSSR count). The van der Waals surface area contributed by atoms with Crippen LogP contribution < -0.4 is 10.6 Å². The third-order valence-corrected chi connectivity index (χ3v) is 6.19. The van der Waals surface area contributed by atoms with Crippen LogP contribution in [0, 0.1) is 12.8 Å². The molecule has 2 fully saturated rings. The van der Waals surface area contributed by atoms with Crippen molar-refractivity contribution >= 4 is 34.4 Å². The predicted octanol–water partition coefficient (Wildman–Crippen LogP) is 4.03. The van der Waals surface area contributed by atoms with Crippen LogP contribution in [-0.2, 0) is 4.79 Å². The summed E-state index contributed by atoms with van der Waals surface area (Å²) in [6, 6.07) is 8.20. The number of benzene rings is 1. The topological polar surface area (TPSA) is 84.7 Å². The number of fused-ring (bicyclic) bond motifs is 1. The number of hydrogen-bond donors (Lipinski definition) is 2. The summed E-state index contributed by atoms with van der Waals surface area (Å²) >= 11 is 6.16. The predicted molar refractivity (Wildman–Crippen MR) is 117 cm³/mol. The Morgan fingerprint density at radius 3 is 2.60 bits per heavy atom. The van der Waals surface area contributed by atoms with Crippen LogP contribution in [0.2, 0.25) is 5.02 Å². The van der Waals surface area contributed by atoms with Crippen LogP contribution in [0.4, 0.5) is 5.82 Å². The average molecular weight is 425 g/mol. The van der Waals surface area contributed by atoms with Gasteiger partial charge in [0.25, 0.3) is 0 Å². The summed E-state index contributed by atoms with van der Waals surface area (Å²) < 4.78 is 1.80. The van der Waals surface area contributed by atoms with Gasteiger partial charge in [-0.15, -0.1) is 0 Å². The molecule has 2 aliphatic carbocycles. The fourth-order valence-electron chi connectivity index (χ4n) is 4.16. The molecule has 2 aliphatic rings. The second kappa shape index (κ2) is 7.87. The van der Waals surface area contributed by atoms with E-state index in [4.69, 9.17) is 11.6 Å². The molecule has 3 aromatic rings. The zero-order valence-corrected chi connectivity index (χ0v) is 17.7. The van der Waals surface area contributed by atoms with Gasteiger partial charge in [-0.3, -0.25) is 4.79 Å². The number of nitrogens with zero attached hydrogens (tertiary/aromatic N) is 4. The van der Waals surface area contributed by atoms with E-state index in [1.807, 2.05) is 31.2 Å². The lowest BCUT2D eigenvalue weighted by atomic mass is 9.91. The van der Waals surface area contributed by atoms with Crippen LogP contribution in [0.1, 0.15) is 44.3 Å². The Hall–Kier alpha value is -2.67. The van der Waals surface area contributed by atoms with Gasteiger partial charge in [0.1, 0.15) is 11.6 Å². The number of amides is 1. The Bertz CT molecular complexity index is 1080. The van der Waals surface area contributed by atoms with Gasteiger partial charge in [-0.05, 0) is 63.6 Å². The van der Waals surface area contributed by atoms with E-state index < -0.39 is 0 Å². The Balaban J connectivity index is 1.32. The lowest BCUT2D eigenvalue weighted by Gasteiger charge is -2.30. The molecule has 2 saturated carbocycles. The Kier molecular flexibility index (Phi) is 5.06. The van der Waals surface area contributed by atoms with Crippen molar-refractivity contribution in [3.05, 3.63) is 41.3 Å². The quantitative estimate of drug-likeness (QED) is 0.646. The largest absolute Gasteiger partial charge is 0.367 e. The van der Waals surface area contributed by atoms with Crippen molar-refractivity contribution in [2.45, 2.75) is 57.5 Å². The van der Waals surface area contributed by atoms with Crippen LogP contribution in [0.25, 0.3) is 16.7 Å². The third-order valence-electron chi connectivity index (χ3n) is 5.96. The van der Waals surface area contributed by atoms with Gasteiger partial charge in [-0.2, -0.15) is 5.10 Å². The number of anilines is 1. The van der Waals surface area contributed by atoms with E-state index in [-0.39, 0.29) is 11.8 Å². The molecule has 30 heavy (non-hydrogen) atoms. The highest BCUT2D eigenvalue weighted by Gasteiger charge is 2.32. The first-order valence-electron chi connectivity index (χ1n) is 10.6. The van der Waals surface area contributed by atoms with Crippen molar-refractivity contribution in [3.8, 4) is 5.69 Å². The first kappa shape index (κ1) is 19.3. The zero-order valence-electron chi connectivity index (χ0n) is 16.9. The lowest BCUT2D eigenvalue weighted by Crippen LogP contribution is -2.40. The first-order valence-corrected chi connectivity index (χ1v) is 11.0. The molecule has 2 aromatic heterocycles. The number of nitrogens with one attached hydrogen (secondary N) is 2. The third kappa shape index (κ3) is 3.99. The highest BCUT2D eigenvalue weighted by Crippen LogP contribution is 2.31. The fraction of sp³-hybridized carbons (Fsp3) is 0.455. The Morgan fingerprint density at radius 1 is 1.10 bits per heavy atom. The van der Waals surface area contributed by atoms with E-state index in [1.165, 1.54) is 0 Å². The van der Waals surface area contributed by atoms with Gasteiger partial charge in [0.15, 0.2) is 5.65 Å². The number of rotatable bonds is 5. The van der Waals surface area contributed by atoms with E-state index in [0.29, 0.717) is 22.9 Å². The Morgan fingerprint density at radius 2 is 1.87 bits per heavy atom. The number of aromatic nitrogens is 4. The van der Waals surface area contributed by atoms with Gasteiger partial charge in [0.05, 0.1) is 17.3 Å². The minimum Gasteiger partial charge on any atom is -0.367 e. The van der Waals surface area contributed by atoms with Gasteiger partial charge in [0, 0.05) is 23.0 Å². The molecule has 2 N–H and O–H groups in total. The Labute approximate surface area is 180 Å². The summed E-state index contributed by atoms with van der Waals surface area (Å²) in [5, 5.41) is 12.9. The van der Waals surface area contributed by atoms with Crippen molar-refractivity contribution in [3.63, 3.8) is 0 Å². The molecular weight excluding hydrogens is 400 g/mol. The van der Waals surface area contributed by atoms with Crippen molar-refractivity contribution in [2.24, 2.45) is 5.92 Å². The van der Waals surface area contributed by atoms with Gasteiger partial charge in [0.2, 0.25) is 5.91 Å². The monoisotopic (exact) mass is 424 g/mol. The molecule has 0 atom stereocenters. The fourth-order valence-corrected chi connectivity index (χ4v) is 4.35. The molecule has 156 valence electrons. The van der Waals surface area contributed by atoms with Gasteiger partial charge >= 0.3 is 0 Å². The molecule has 0 bridgehead atoms. The molecule has 7 nitrogen and oxygen atoms in total. The van der Waals surface area contributed by atoms with E-state index in [2.05, 4.69) is 25.7 Å². The summed E-state index contributed by atoms with van der Waals surface area (Å²) in [6.07, 6.45) is 7.89. The highest BCUT2D eigenvalue weighted by molar-refractivity contribution is 6.30. The lowest BCUT2D eigenvalue weighted by molar-refractivity contribution is -0.123. The SMILES string of the molecule is Cc1nc(NC2CCC(NC(=O)C3CC3)CC2)c2cnn(-c3cccc(Cl)c3)c2n1. The molecule has 0 aliphatic heterocycles. The van der Waals surface area contributed by atoms with Crippen LogP contribution in [0.15, 0.2) is 30.5 Å². The molecule has 0 saturated heterocycles. The van der Waals surface area contributed by atoms with Crippen molar-refractivity contribution < 1.29 is 4.79 Å². The molecular formula is C22H25ClN6O. The van der Waals surface area contributed by atoms with Gasteiger partial charge in [-0.25, -0.2) is 14.6 Å². The maximum atomic E-state index is 12.0. The summed E-state index contributed by atoms with van der Waals surface area (Å²) in [4.78, 5) is 21.3. The van der Waals surface area contributed by atoms with E-state index >= 15 is 0 Å². The molecule has 1 amide bonds. The maximum absolute atomic E-state index is 12.0. The van der Waals surface area contributed by atoms with Crippen LogP contribution >= 0.6 is 11.6 Å². The minimum absolute atomic E-state index is 0.243. The number of carbonyl (C=O) groups excluding carboxylic acids is 1. The molecule has 2 heterocycles. The zero-order chi connectivity index (χ0) is 20.7. The van der Waals surface area contributed by atoms with Crippen LogP contribution in [0.3, 0.4) is 0 Å². The average Bonchev–Trinajstić information content (AvgIpc) is 3.49. The van der Waals surface area contributed by atoms with Crippen molar-refractivity contribution in [1.82, 2.24) is 25.1 Å². The van der Waals surface area contributed by atoms with Crippen LogP contribution in [-0.4, -0.2) is 37.7 Å².